The van der Waals surface area contributed by atoms with Gasteiger partial charge in [-0.15, -0.1) is 0 Å². The quantitative estimate of drug-likeness (QED) is 0.870. The van der Waals surface area contributed by atoms with E-state index in [1.807, 2.05) is 6.07 Å². The van der Waals surface area contributed by atoms with Crippen LogP contribution in [0.5, 0.6) is 0 Å². The number of Topliss-reactive ketones (excluding diaryl/α,β-unsaturated/α-hetero) is 1. The number of halogens is 2. The van der Waals surface area contributed by atoms with Crippen molar-refractivity contribution in [3.05, 3.63) is 64.4 Å². The summed E-state index contributed by atoms with van der Waals surface area (Å²) in [6.07, 6.45) is 0.204. The van der Waals surface area contributed by atoms with E-state index in [2.05, 4.69) is 0 Å². The van der Waals surface area contributed by atoms with Gasteiger partial charge in [-0.1, -0.05) is 29.8 Å². The van der Waals surface area contributed by atoms with E-state index in [9.17, 15) is 9.18 Å². The molecule has 0 unspecified atom stereocenters. The second kappa shape index (κ2) is 5.85. The molecule has 19 heavy (non-hydrogen) atoms. The Kier molecular flexibility index (Phi) is 4.17. The third-order valence-electron chi connectivity index (χ3n) is 2.79. The van der Waals surface area contributed by atoms with Crippen molar-refractivity contribution in [2.24, 2.45) is 0 Å². The van der Waals surface area contributed by atoms with Crippen molar-refractivity contribution < 1.29 is 9.18 Å². The minimum absolute atomic E-state index is 0.0136. The summed E-state index contributed by atoms with van der Waals surface area (Å²) in [5, 5.41) is 0.279. The first-order valence-corrected chi connectivity index (χ1v) is 6.23. The molecule has 98 valence electrons. The average molecular weight is 278 g/mol. The molecule has 0 aliphatic heterocycles. The lowest BCUT2D eigenvalue weighted by atomic mass is 10.0. The van der Waals surface area contributed by atoms with Crippen LogP contribution in [-0.4, -0.2) is 5.78 Å². The smallest absolute Gasteiger partial charge is 0.141 e. The largest absolute Gasteiger partial charge is 0.399 e. The van der Waals surface area contributed by atoms with Gasteiger partial charge in [0.25, 0.3) is 0 Å². The van der Waals surface area contributed by atoms with Gasteiger partial charge in [0.15, 0.2) is 0 Å². The third kappa shape index (κ3) is 3.55. The van der Waals surface area contributed by atoms with E-state index in [-0.39, 0.29) is 29.2 Å². The van der Waals surface area contributed by atoms with Gasteiger partial charge < -0.3 is 5.73 Å². The van der Waals surface area contributed by atoms with Gasteiger partial charge in [-0.05, 0) is 29.8 Å². The molecule has 2 aromatic carbocycles. The lowest BCUT2D eigenvalue weighted by Gasteiger charge is -2.06. The summed E-state index contributed by atoms with van der Waals surface area (Å²) in [6.45, 7) is 0. The number of carbonyl (C=O) groups excluding carboxylic acids is 1. The Labute approximate surface area is 116 Å². The van der Waals surface area contributed by atoms with Crippen molar-refractivity contribution in [2.75, 3.05) is 5.73 Å². The van der Waals surface area contributed by atoms with Crippen LogP contribution in [0.25, 0.3) is 0 Å². The summed E-state index contributed by atoms with van der Waals surface area (Å²) in [5.74, 6) is -0.550. The van der Waals surface area contributed by atoms with Crippen molar-refractivity contribution in [2.45, 2.75) is 12.8 Å². The number of carbonyl (C=O) groups is 1. The summed E-state index contributed by atoms with van der Waals surface area (Å²) in [7, 11) is 0. The molecule has 4 heteroatoms. The topological polar surface area (TPSA) is 43.1 Å². The van der Waals surface area contributed by atoms with Crippen LogP contribution in [0, 0.1) is 5.82 Å². The van der Waals surface area contributed by atoms with Gasteiger partial charge in [-0.3, -0.25) is 4.79 Å². The molecule has 0 aromatic heterocycles. The minimum atomic E-state index is -0.451. The van der Waals surface area contributed by atoms with Gasteiger partial charge in [-0.2, -0.15) is 0 Å². The van der Waals surface area contributed by atoms with Gasteiger partial charge in [0.1, 0.15) is 11.6 Å². The molecule has 0 fully saturated rings. The highest BCUT2D eigenvalue weighted by Crippen LogP contribution is 2.20. The first kappa shape index (κ1) is 13.6. The Morgan fingerprint density at radius 1 is 1.16 bits per heavy atom. The average Bonchev–Trinajstić information content (AvgIpc) is 2.34. The van der Waals surface area contributed by atoms with E-state index in [4.69, 9.17) is 17.3 Å². The molecule has 0 saturated carbocycles. The molecular weight excluding hydrogens is 265 g/mol. The number of benzene rings is 2. The number of anilines is 1. The molecule has 2 nitrogen and oxygen atoms in total. The summed E-state index contributed by atoms with van der Waals surface area (Å²) in [5.41, 5.74) is 7.31. The van der Waals surface area contributed by atoms with Crippen LogP contribution in [0.2, 0.25) is 5.02 Å². The SMILES string of the molecule is Nc1cccc(CC(=O)Cc2c(F)cccc2Cl)c1. The van der Waals surface area contributed by atoms with Crippen molar-refractivity contribution >= 4 is 23.1 Å². The molecule has 0 radical (unpaired) electrons. The molecule has 0 spiro atoms. The van der Waals surface area contributed by atoms with E-state index in [1.54, 1.807) is 24.3 Å². The number of hydrogen-bond donors (Lipinski definition) is 1. The van der Waals surface area contributed by atoms with Crippen molar-refractivity contribution in [1.29, 1.82) is 0 Å². The van der Waals surface area contributed by atoms with Gasteiger partial charge in [0.2, 0.25) is 0 Å². The number of ketones is 1. The van der Waals surface area contributed by atoms with E-state index in [0.29, 0.717) is 5.69 Å². The highest BCUT2D eigenvalue weighted by molar-refractivity contribution is 6.31. The summed E-state index contributed by atoms with van der Waals surface area (Å²) in [6, 6.07) is 11.5. The van der Waals surface area contributed by atoms with Crippen molar-refractivity contribution in [3.8, 4) is 0 Å². The van der Waals surface area contributed by atoms with Crippen LogP contribution in [-0.2, 0) is 17.6 Å². The lowest BCUT2D eigenvalue weighted by Crippen LogP contribution is -2.08. The molecule has 2 rings (SSSR count). The van der Waals surface area contributed by atoms with Gasteiger partial charge in [-0.25, -0.2) is 4.39 Å². The Hall–Kier alpha value is -1.87. The van der Waals surface area contributed by atoms with E-state index < -0.39 is 5.82 Å². The summed E-state index contributed by atoms with van der Waals surface area (Å²) in [4.78, 5) is 11.9. The second-order valence-corrected chi connectivity index (χ2v) is 4.74. The molecule has 0 saturated heterocycles. The standard InChI is InChI=1S/C15H13ClFNO/c16-14-5-2-6-15(17)13(14)9-12(19)8-10-3-1-4-11(18)7-10/h1-7H,8-9,18H2. The van der Waals surface area contributed by atoms with E-state index in [1.165, 1.54) is 12.1 Å². The first-order chi connectivity index (χ1) is 9.06. The number of nitrogens with two attached hydrogens (primary N) is 1. The van der Waals surface area contributed by atoms with E-state index >= 15 is 0 Å². The van der Waals surface area contributed by atoms with Crippen LogP contribution >= 0.6 is 11.6 Å². The fourth-order valence-corrected chi connectivity index (χ4v) is 2.12. The molecule has 0 bridgehead atoms. The monoisotopic (exact) mass is 277 g/mol. The molecular formula is C15H13ClFNO. The molecule has 0 aliphatic rings. The minimum Gasteiger partial charge on any atom is -0.399 e. The zero-order chi connectivity index (χ0) is 13.8. The zero-order valence-electron chi connectivity index (χ0n) is 10.2. The highest BCUT2D eigenvalue weighted by Gasteiger charge is 2.12. The van der Waals surface area contributed by atoms with Crippen LogP contribution in [0.4, 0.5) is 10.1 Å². The Morgan fingerprint density at radius 2 is 1.89 bits per heavy atom. The maximum absolute atomic E-state index is 13.6. The predicted molar refractivity (Wildman–Crippen MR) is 74.7 cm³/mol. The first-order valence-electron chi connectivity index (χ1n) is 5.85. The molecule has 0 amide bonds. The normalized spacial score (nSPS) is 10.4. The molecule has 0 heterocycles. The van der Waals surface area contributed by atoms with E-state index in [0.717, 1.165) is 5.56 Å². The predicted octanol–water partition coefficient (Wildman–Crippen LogP) is 3.42. The van der Waals surface area contributed by atoms with Crippen molar-refractivity contribution in [1.82, 2.24) is 0 Å². The van der Waals surface area contributed by atoms with Crippen LogP contribution in [0.15, 0.2) is 42.5 Å². The Morgan fingerprint density at radius 3 is 2.58 bits per heavy atom. The fourth-order valence-electron chi connectivity index (χ4n) is 1.89. The molecule has 0 atom stereocenters. The lowest BCUT2D eigenvalue weighted by molar-refractivity contribution is -0.117. The second-order valence-electron chi connectivity index (χ2n) is 4.34. The Balaban J connectivity index is 2.10. The van der Waals surface area contributed by atoms with Gasteiger partial charge >= 0.3 is 0 Å². The fraction of sp³-hybridized carbons (Fsp3) is 0.133. The van der Waals surface area contributed by atoms with Crippen LogP contribution in [0.1, 0.15) is 11.1 Å². The maximum Gasteiger partial charge on any atom is 0.141 e. The van der Waals surface area contributed by atoms with Gasteiger partial charge in [0.05, 0.1) is 0 Å². The summed E-state index contributed by atoms with van der Waals surface area (Å²) < 4.78 is 13.6. The number of nitrogen functional groups attached to an aromatic ring is 1. The Bertz CT molecular complexity index is 593. The highest BCUT2D eigenvalue weighted by atomic mass is 35.5. The maximum atomic E-state index is 13.6. The number of rotatable bonds is 4. The molecule has 0 aliphatic carbocycles. The van der Waals surface area contributed by atoms with Crippen LogP contribution < -0.4 is 5.73 Å². The molecule has 2 N–H and O–H groups in total. The number of hydrogen-bond acceptors (Lipinski definition) is 2. The molecule has 2 aromatic rings. The zero-order valence-corrected chi connectivity index (χ0v) is 11.0. The third-order valence-corrected chi connectivity index (χ3v) is 3.14. The van der Waals surface area contributed by atoms with Gasteiger partial charge in [0, 0.05) is 29.1 Å². The van der Waals surface area contributed by atoms with Crippen LogP contribution in [0.3, 0.4) is 0 Å². The van der Waals surface area contributed by atoms with Crippen molar-refractivity contribution in [3.63, 3.8) is 0 Å². The summed E-state index contributed by atoms with van der Waals surface area (Å²) >= 11 is 5.89.